The van der Waals surface area contributed by atoms with Crippen molar-refractivity contribution in [3.63, 3.8) is 0 Å². The van der Waals surface area contributed by atoms with Crippen LogP contribution in [0.5, 0.6) is 5.75 Å². The molecule has 2 aliphatic heterocycles. The van der Waals surface area contributed by atoms with E-state index in [1.54, 1.807) is 18.1 Å². The Kier molecular flexibility index (Phi) is 4.40. The molecule has 8 heteroatoms. The average molecular weight is 356 g/mol. The first kappa shape index (κ1) is 16.7. The van der Waals surface area contributed by atoms with Crippen molar-refractivity contribution in [1.29, 1.82) is 0 Å². The van der Waals surface area contributed by atoms with Gasteiger partial charge in [0.05, 0.1) is 12.7 Å². The molecule has 0 unspecified atom stereocenters. The lowest BCUT2D eigenvalue weighted by atomic mass is 10.3. The van der Waals surface area contributed by atoms with E-state index >= 15 is 0 Å². The van der Waals surface area contributed by atoms with Gasteiger partial charge in [-0.05, 0) is 25.0 Å². The Balaban J connectivity index is 1.44. The van der Waals surface area contributed by atoms with E-state index in [1.165, 1.54) is 23.7 Å². The maximum atomic E-state index is 12.7. The van der Waals surface area contributed by atoms with Crippen LogP contribution in [0.4, 0.5) is 11.6 Å². The second-order valence-electron chi connectivity index (χ2n) is 6.87. The third-order valence-electron chi connectivity index (χ3n) is 5.10. The van der Waals surface area contributed by atoms with Crippen LogP contribution in [0.25, 0.3) is 0 Å². The summed E-state index contributed by atoms with van der Waals surface area (Å²) in [4.78, 5) is 21.2. The van der Waals surface area contributed by atoms with E-state index in [1.807, 2.05) is 12.1 Å². The van der Waals surface area contributed by atoms with Gasteiger partial charge in [-0.2, -0.15) is 5.10 Å². The molecule has 1 atom stereocenters. The number of anilines is 2. The van der Waals surface area contributed by atoms with Gasteiger partial charge in [-0.15, -0.1) is 0 Å². The molecular weight excluding hydrogens is 332 g/mol. The van der Waals surface area contributed by atoms with Crippen molar-refractivity contribution in [1.82, 2.24) is 19.7 Å². The molecule has 2 N–H and O–H groups in total. The minimum atomic E-state index is -0.0901. The number of carbonyl (C=O) groups is 1. The van der Waals surface area contributed by atoms with Crippen LogP contribution in [0, 0.1) is 0 Å². The van der Waals surface area contributed by atoms with Gasteiger partial charge in [0.1, 0.15) is 17.5 Å². The summed E-state index contributed by atoms with van der Waals surface area (Å²) in [7, 11) is 1.73. The summed E-state index contributed by atoms with van der Waals surface area (Å²) < 4.78 is 7.73. The summed E-state index contributed by atoms with van der Waals surface area (Å²) >= 11 is 0. The third kappa shape index (κ3) is 3.07. The summed E-state index contributed by atoms with van der Waals surface area (Å²) in [5.41, 5.74) is 6.38. The lowest BCUT2D eigenvalue weighted by molar-refractivity contribution is 0.0773. The molecule has 4 heterocycles. The lowest BCUT2D eigenvalue weighted by Gasteiger charge is -2.22. The van der Waals surface area contributed by atoms with Gasteiger partial charge in [0.25, 0.3) is 5.91 Å². The van der Waals surface area contributed by atoms with E-state index in [0.717, 1.165) is 31.1 Å². The van der Waals surface area contributed by atoms with Crippen LogP contribution < -0.4 is 15.4 Å². The fourth-order valence-corrected chi connectivity index (χ4v) is 3.61. The van der Waals surface area contributed by atoms with Gasteiger partial charge in [-0.3, -0.25) is 9.48 Å². The average Bonchev–Trinajstić information content (AvgIpc) is 3.39. The Bertz CT molecular complexity index is 799. The van der Waals surface area contributed by atoms with E-state index < -0.39 is 0 Å². The van der Waals surface area contributed by atoms with E-state index in [9.17, 15) is 4.79 Å². The molecule has 2 aliphatic rings. The monoisotopic (exact) mass is 356 g/mol. The van der Waals surface area contributed by atoms with Crippen molar-refractivity contribution < 1.29 is 9.53 Å². The van der Waals surface area contributed by atoms with Crippen molar-refractivity contribution in [2.24, 2.45) is 7.05 Å². The predicted octanol–water partition coefficient (Wildman–Crippen LogP) is 1.29. The number of aromatic nitrogens is 3. The molecule has 0 saturated carbocycles. The molecule has 0 spiro atoms. The van der Waals surface area contributed by atoms with Crippen LogP contribution in [0.1, 0.15) is 29.6 Å². The predicted molar refractivity (Wildman–Crippen MR) is 98.2 cm³/mol. The Hall–Kier alpha value is -2.77. The Morgan fingerprint density at radius 3 is 2.85 bits per heavy atom. The summed E-state index contributed by atoms with van der Waals surface area (Å²) in [6.07, 6.45) is 6.46. The van der Waals surface area contributed by atoms with Gasteiger partial charge in [0, 0.05) is 39.3 Å². The molecule has 26 heavy (non-hydrogen) atoms. The maximum Gasteiger partial charge on any atom is 0.259 e. The van der Waals surface area contributed by atoms with Crippen molar-refractivity contribution in [2.45, 2.75) is 25.4 Å². The molecule has 0 aromatic carbocycles. The molecule has 1 amide bonds. The van der Waals surface area contributed by atoms with Crippen LogP contribution in [0.3, 0.4) is 0 Å². The second-order valence-corrected chi connectivity index (χ2v) is 6.87. The summed E-state index contributed by atoms with van der Waals surface area (Å²) in [5.74, 6) is 2.01. The SMILES string of the molecule is Cn1ncc(C(=O)N2CC[C@H](Oc3cccnc3N3CCCC3)C2)c1N. The number of ether oxygens (including phenoxy) is 1. The zero-order chi connectivity index (χ0) is 18.1. The maximum absolute atomic E-state index is 12.7. The van der Waals surface area contributed by atoms with Crippen LogP contribution >= 0.6 is 0 Å². The molecule has 8 nitrogen and oxygen atoms in total. The number of hydrogen-bond donors (Lipinski definition) is 1. The van der Waals surface area contributed by atoms with Gasteiger partial charge in [0.15, 0.2) is 11.6 Å². The minimum absolute atomic E-state index is 0.0394. The quantitative estimate of drug-likeness (QED) is 0.888. The number of nitrogen functional groups attached to an aromatic ring is 1. The van der Waals surface area contributed by atoms with Gasteiger partial charge in [-0.25, -0.2) is 4.98 Å². The van der Waals surface area contributed by atoms with Gasteiger partial charge in [0.2, 0.25) is 0 Å². The first-order valence-corrected chi connectivity index (χ1v) is 9.07. The molecule has 4 rings (SSSR count). The highest BCUT2D eigenvalue weighted by atomic mass is 16.5. The fraction of sp³-hybridized carbons (Fsp3) is 0.500. The number of pyridine rings is 1. The van der Waals surface area contributed by atoms with Crippen molar-refractivity contribution in [3.8, 4) is 5.75 Å². The van der Waals surface area contributed by atoms with Crippen molar-refractivity contribution in [3.05, 3.63) is 30.1 Å². The number of amides is 1. The molecule has 0 aliphatic carbocycles. The first-order valence-electron chi connectivity index (χ1n) is 9.07. The van der Waals surface area contributed by atoms with Crippen LogP contribution in [-0.2, 0) is 7.05 Å². The smallest absolute Gasteiger partial charge is 0.259 e. The molecule has 2 saturated heterocycles. The highest BCUT2D eigenvalue weighted by Crippen LogP contribution is 2.30. The second kappa shape index (κ2) is 6.86. The lowest BCUT2D eigenvalue weighted by Crippen LogP contribution is -2.31. The van der Waals surface area contributed by atoms with E-state index in [2.05, 4.69) is 15.0 Å². The standard InChI is InChI=1S/C18H24N6O2/c1-22-16(19)14(11-21-22)18(25)24-10-6-13(12-24)26-15-5-4-7-20-17(15)23-8-2-3-9-23/h4-5,7,11,13H,2-3,6,8-10,12,19H2,1H3/t13-/m0/s1. The summed E-state index contributed by atoms with van der Waals surface area (Å²) in [6, 6.07) is 3.85. The normalized spacial score (nSPS) is 20.0. The number of likely N-dealkylation sites (tertiary alicyclic amines) is 1. The van der Waals surface area contributed by atoms with Gasteiger partial charge in [-0.1, -0.05) is 0 Å². The van der Waals surface area contributed by atoms with Crippen molar-refractivity contribution >= 4 is 17.5 Å². The van der Waals surface area contributed by atoms with E-state index in [-0.39, 0.29) is 12.0 Å². The van der Waals surface area contributed by atoms with Crippen molar-refractivity contribution in [2.75, 3.05) is 36.8 Å². The highest BCUT2D eigenvalue weighted by molar-refractivity contribution is 5.98. The molecule has 0 radical (unpaired) electrons. The fourth-order valence-electron chi connectivity index (χ4n) is 3.61. The minimum Gasteiger partial charge on any atom is -0.485 e. The number of nitrogens with two attached hydrogens (primary N) is 1. The molecule has 2 fully saturated rings. The van der Waals surface area contributed by atoms with Gasteiger partial charge < -0.3 is 20.3 Å². The third-order valence-corrected chi connectivity index (χ3v) is 5.10. The van der Waals surface area contributed by atoms with Crippen LogP contribution in [0.2, 0.25) is 0 Å². The number of rotatable bonds is 4. The number of carbonyl (C=O) groups excluding carboxylic acids is 1. The van der Waals surface area contributed by atoms with E-state index in [0.29, 0.717) is 24.5 Å². The molecule has 0 bridgehead atoms. The molecule has 138 valence electrons. The van der Waals surface area contributed by atoms with E-state index in [4.69, 9.17) is 10.5 Å². The molecular formula is C18H24N6O2. The van der Waals surface area contributed by atoms with Gasteiger partial charge >= 0.3 is 0 Å². The number of aryl methyl sites for hydroxylation is 1. The summed E-state index contributed by atoms with van der Waals surface area (Å²) in [6.45, 7) is 3.23. The topological polar surface area (TPSA) is 89.5 Å². The van der Waals surface area contributed by atoms with Crippen LogP contribution in [0.15, 0.2) is 24.5 Å². The zero-order valence-electron chi connectivity index (χ0n) is 15.0. The highest BCUT2D eigenvalue weighted by Gasteiger charge is 2.31. The first-order chi connectivity index (χ1) is 12.6. The summed E-state index contributed by atoms with van der Waals surface area (Å²) in [5, 5.41) is 4.05. The molecule has 2 aromatic rings. The molecule has 2 aromatic heterocycles. The Labute approximate surface area is 152 Å². The Morgan fingerprint density at radius 2 is 2.12 bits per heavy atom. The largest absolute Gasteiger partial charge is 0.485 e. The number of nitrogens with zero attached hydrogens (tertiary/aromatic N) is 5. The van der Waals surface area contributed by atoms with Crippen LogP contribution in [-0.4, -0.2) is 57.9 Å². The number of hydrogen-bond acceptors (Lipinski definition) is 6. The zero-order valence-corrected chi connectivity index (χ0v) is 15.0. The Morgan fingerprint density at radius 1 is 1.31 bits per heavy atom.